The van der Waals surface area contributed by atoms with E-state index < -0.39 is 41.9 Å². The van der Waals surface area contributed by atoms with Crippen LogP contribution < -0.4 is 5.32 Å². The Morgan fingerprint density at radius 1 is 1.02 bits per heavy atom. The Morgan fingerprint density at radius 2 is 1.74 bits per heavy atom. The molecular weight excluding hydrogens is 574 g/mol. The summed E-state index contributed by atoms with van der Waals surface area (Å²) in [4.78, 5) is 24.5. The quantitative estimate of drug-likeness (QED) is 0.156. The highest BCUT2D eigenvalue weighted by molar-refractivity contribution is 6.33. The van der Waals surface area contributed by atoms with Gasteiger partial charge in [-0.1, -0.05) is 29.8 Å². The number of carbonyl (C=O) groups excluding carboxylic acids is 2. The van der Waals surface area contributed by atoms with Crippen molar-refractivity contribution in [2.75, 3.05) is 6.54 Å². The molecule has 0 saturated carbocycles. The minimum atomic E-state index is -4.37. The Balaban J connectivity index is 1.55. The molecule has 1 amide bonds. The highest BCUT2D eigenvalue weighted by Gasteiger charge is 2.30. The summed E-state index contributed by atoms with van der Waals surface area (Å²) in [5.41, 5.74) is 2.14. The van der Waals surface area contributed by atoms with Crippen molar-refractivity contribution in [2.45, 2.75) is 57.9 Å². The number of esters is 1. The van der Waals surface area contributed by atoms with E-state index in [0.717, 1.165) is 0 Å². The fraction of sp³-hybridized carbons (Fsp3) is 0.323. The van der Waals surface area contributed by atoms with Gasteiger partial charge < -0.3 is 10.1 Å². The van der Waals surface area contributed by atoms with Crippen LogP contribution in [0.25, 0.3) is 22.0 Å². The van der Waals surface area contributed by atoms with E-state index in [2.05, 4.69) is 10.4 Å². The average Bonchev–Trinajstić information content (AvgIpc) is 3.30. The van der Waals surface area contributed by atoms with E-state index in [4.69, 9.17) is 16.3 Å². The first kappa shape index (κ1) is 31.0. The van der Waals surface area contributed by atoms with Crippen LogP contribution in [0.2, 0.25) is 5.02 Å². The largest absolute Gasteiger partial charge is 0.460 e. The standard InChI is InChI=1S/C31H30ClF4N3O3/c1-30(2,3)42-28(40)13-15-37-29(41)20-6-4-19(5-7-20)27(12-14-31(34,35)36)39-26-11-8-21(16-22(26)18-38-39)24-10-9-23(33)17-25(24)32/h4-11,16-18,27H,12-15H2,1-3H3,(H,37,41). The topological polar surface area (TPSA) is 73.2 Å². The van der Waals surface area contributed by atoms with Gasteiger partial charge >= 0.3 is 12.1 Å². The maximum atomic E-state index is 13.5. The number of fused-ring (bicyclic) bond motifs is 1. The Morgan fingerprint density at radius 3 is 2.38 bits per heavy atom. The van der Waals surface area contributed by atoms with Crippen LogP contribution in [0.15, 0.2) is 66.9 Å². The summed E-state index contributed by atoms with van der Waals surface area (Å²) in [5, 5.41) is 7.97. The summed E-state index contributed by atoms with van der Waals surface area (Å²) in [6, 6.07) is 14.8. The monoisotopic (exact) mass is 603 g/mol. The number of ether oxygens (including phenoxy) is 1. The van der Waals surface area contributed by atoms with Crippen LogP contribution in [0.1, 0.15) is 62.0 Å². The molecule has 1 unspecified atom stereocenters. The van der Waals surface area contributed by atoms with Crippen LogP contribution in [0.5, 0.6) is 0 Å². The first-order valence-electron chi connectivity index (χ1n) is 13.3. The lowest BCUT2D eigenvalue weighted by Gasteiger charge is -2.21. The number of nitrogens with one attached hydrogen (secondary N) is 1. The van der Waals surface area contributed by atoms with Crippen molar-refractivity contribution < 1.29 is 31.9 Å². The maximum absolute atomic E-state index is 13.5. The Kier molecular flexibility index (Phi) is 9.25. The molecule has 0 aliphatic carbocycles. The number of aromatic nitrogens is 2. The van der Waals surface area contributed by atoms with E-state index in [-0.39, 0.29) is 24.4 Å². The first-order chi connectivity index (χ1) is 19.7. The van der Waals surface area contributed by atoms with Crippen molar-refractivity contribution in [2.24, 2.45) is 0 Å². The van der Waals surface area contributed by atoms with Crippen molar-refractivity contribution in [3.05, 3.63) is 88.8 Å². The third-order valence-corrected chi connectivity index (χ3v) is 6.74. The molecule has 1 heterocycles. The third kappa shape index (κ3) is 8.09. The molecule has 0 bridgehead atoms. The molecule has 3 aromatic carbocycles. The summed E-state index contributed by atoms with van der Waals surface area (Å²) in [6.45, 7) is 5.33. The predicted molar refractivity (Wildman–Crippen MR) is 153 cm³/mol. The fourth-order valence-corrected chi connectivity index (χ4v) is 4.83. The number of carbonyl (C=O) groups is 2. The number of nitrogens with zero attached hydrogens (tertiary/aromatic N) is 2. The van der Waals surface area contributed by atoms with Gasteiger partial charge in [0.2, 0.25) is 0 Å². The number of hydrogen-bond acceptors (Lipinski definition) is 4. The van der Waals surface area contributed by atoms with Gasteiger partial charge in [0, 0.05) is 29.5 Å². The molecule has 0 aliphatic heterocycles. The lowest BCUT2D eigenvalue weighted by molar-refractivity contribution is -0.154. The van der Waals surface area contributed by atoms with E-state index in [1.165, 1.54) is 28.9 Å². The van der Waals surface area contributed by atoms with Crippen molar-refractivity contribution >= 4 is 34.4 Å². The Hall–Kier alpha value is -3.92. The Labute approximate surface area is 245 Å². The zero-order valence-corrected chi connectivity index (χ0v) is 24.0. The first-order valence-corrected chi connectivity index (χ1v) is 13.7. The van der Waals surface area contributed by atoms with Crippen LogP contribution in [-0.2, 0) is 9.53 Å². The van der Waals surface area contributed by atoms with Crippen molar-refractivity contribution in [1.82, 2.24) is 15.1 Å². The second-order valence-electron chi connectivity index (χ2n) is 10.9. The number of amides is 1. The minimum absolute atomic E-state index is 0.00205. The average molecular weight is 604 g/mol. The van der Waals surface area contributed by atoms with Gasteiger partial charge in [0.25, 0.3) is 5.91 Å². The summed E-state index contributed by atoms with van der Waals surface area (Å²) >= 11 is 6.22. The van der Waals surface area contributed by atoms with Crippen LogP contribution in [-0.4, -0.2) is 40.0 Å². The highest BCUT2D eigenvalue weighted by atomic mass is 35.5. The second kappa shape index (κ2) is 12.5. The molecule has 0 aliphatic rings. The van der Waals surface area contributed by atoms with Crippen LogP contribution in [0, 0.1) is 5.82 Å². The molecular formula is C31H30ClF4N3O3. The summed E-state index contributed by atoms with van der Waals surface area (Å²) in [5.74, 6) is -1.33. The van der Waals surface area contributed by atoms with Crippen molar-refractivity contribution in [1.29, 1.82) is 0 Å². The lowest BCUT2D eigenvalue weighted by Crippen LogP contribution is -2.29. The van der Waals surface area contributed by atoms with Gasteiger partial charge in [0.15, 0.2) is 0 Å². The predicted octanol–water partition coefficient (Wildman–Crippen LogP) is 7.89. The molecule has 4 rings (SSSR count). The molecule has 6 nitrogen and oxygen atoms in total. The normalized spacial score (nSPS) is 12.8. The molecule has 4 aromatic rings. The van der Waals surface area contributed by atoms with Crippen LogP contribution >= 0.6 is 11.6 Å². The number of halogens is 5. The molecule has 0 fully saturated rings. The number of alkyl halides is 3. The van der Waals surface area contributed by atoms with Gasteiger partial charge in [-0.15, -0.1) is 0 Å². The van der Waals surface area contributed by atoms with Gasteiger partial charge in [-0.05, 0) is 80.8 Å². The highest BCUT2D eigenvalue weighted by Crippen LogP contribution is 2.35. The van der Waals surface area contributed by atoms with E-state index in [0.29, 0.717) is 33.2 Å². The zero-order chi connectivity index (χ0) is 30.7. The van der Waals surface area contributed by atoms with Crippen LogP contribution in [0.3, 0.4) is 0 Å². The number of rotatable bonds is 9. The molecule has 1 N–H and O–H groups in total. The molecule has 0 saturated heterocycles. The SMILES string of the molecule is CC(C)(C)OC(=O)CCNC(=O)c1ccc(C(CCC(F)(F)F)n2ncc3cc(-c4ccc(F)cc4Cl)ccc32)cc1. The molecule has 11 heteroatoms. The molecule has 0 radical (unpaired) electrons. The van der Waals surface area contributed by atoms with Gasteiger partial charge in [0.1, 0.15) is 11.4 Å². The molecule has 222 valence electrons. The van der Waals surface area contributed by atoms with E-state index >= 15 is 0 Å². The van der Waals surface area contributed by atoms with Crippen LogP contribution in [0.4, 0.5) is 17.6 Å². The Bertz CT molecular complexity index is 1580. The molecule has 1 atom stereocenters. The van der Waals surface area contributed by atoms with E-state index in [1.54, 1.807) is 63.4 Å². The summed E-state index contributed by atoms with van der Waals surface area (Å²) in [6.07, 6.45) is -4.12. The second-order valence-corrected chi connectivity index (χ2v) is 11.3. The van der Waals surface area contributed by atoms with Gasteiger partial charge in [-0.25, -0.2) is 4.39 Å². The smallest absolute Gasteiger partial charge is 0.389 e. The van der Waals surface area contributed by atoms with E-state index in [9.17, 15) is 27.2 Å². The minimum Gasteiger partial charge on any atom is -0.460 e. The number of hydrogen-bond donors (Lipinski definition) is 1. The van der Waals surface area contributed by atoms with Gasteiger partial charge in [-0.2, -0.15) is 18.3 Å². The summed E-state index contributed by atoms with van der Waals surface area (Å²) < 4.78 is 60.1. The van der Waals surface area contributed by atoms with Gasteiger partial charge in [0.05, 0.1) is 29.2 Å². The number of benzene rings is 3. The fourth-order valence-electron chi connectivity index (χ4n) is 4.55. The third-order valence-electron chi connectivity index (χ3n) is 6.43. The van der Waals surface area contributed by atoms with Crippen molar-refractivity contribution in [3.63, 3.8) is 0 Å². The maximum Gasteiger partial charge on any atom is 0.389 e. The van der Waals surface area contributed by atoms with Crippen molar-refractivity contribution in [3.8, 4) is 11.1 Å². The summed E-state index contributed by atoms with van der Waals surface area (Å²) in [7, 11) is 0. The molecule has 42 heavy (non-hydrogen) atoms. The molecule has 0 spiro atoms. The van der Waals surface area contributed by atoms with Gasteiger partial charge in [-0.3, -0.25) is 14.3 Å². The van der Waals surface area contributed by atoms with E-state index in [1.807, 2.05) is 0 Å². The lowest BCUT2D eigenvalue weighted by atomic mass is 9.99. The zero-order valence-electron chi connectivity index (χ0n) is 23.3. The molecule has 1 aromatic heterocycles.